The van der Waals surface area contributed by atoms with Gasteiger partial charge in [-0.1, -0.05) is 13.0 Å². The second-order valence-electron chi connectivity index (χ2n) is 4.32. The number of fused-ring (bicyclic) bond motifs is 1. The van der Waals surface area contributed by atoms with Crippen LogP contribution in [0.1, 0.15) is 18.4 Å². The van der Waals surface area contributed by atoms with E-state index in [0.717, 1.165) is 23.7 Å². The maximum Gasteiger partial charge on any atom is 0.218 e. The normalized spacial score (nSPS) is 10.8. The van der Waals surface area contributed by atoms with Gasteiger partial charge in [-0.05, 0) is 18.7 Å². The van der Waals surface area contributed by atoms with Crippen LogP contribution in [0.5, 0.6) is 0 Å². The Morgan fingerprint density at radius 2 is 2.25 bits per heavy atom. The molecule has 0 radical (unpaired) electrons. The molecule has 1 N–H and O–H groups in total. The molecule has 0 spiro atoms. The maximum absolute atomic E-state index is 9.13. The predicted molar refractivity (Wildman–Crippen MR) is 74.4 cm³/mol. The highest BCUT2D eigenvalue weighted by Gasteiger charge is 2.15. The average Bonchev–Trinajstić information content (AvgIpc) is 3.08. The molecular weight excluding hydrogens is 252 g/mol. The lowest BCUT2D eigenvalue weighted by Crippen LogP contribution is -2.15. The number of hydrogen-bond donors (Lipinski definition) is 1. The summed E-state index contributed by atoms with van der Waals surface area (Å²) >= 11 is 0. The van der Waals surface area contributed by atoms with E-state index in [1.807, 2.05) is 28.8 Å². The zero-order chi connectivity index (χ0) is 13.9. The molecular formula is C14H14N6. The van der Waals surface area contributed by atoms with E-state index in [-0.39, 0.29) is 0 Å². The zero-order valence-corrected chi connectivity index (χ0v) is 11.1. The summed E-state index contributed by atoms with van der Waals surface area (Å²) in [7, 11) is 0. The van der Waals surface area contributed by atoms with Crippen molar-refractivity contribution >= 4 is 5.65 Å². The Hall–Kier alpha value is -2.65. The molecule has 0 fully saturated rings. The Labute approximate surface area is 116 Å². The monoisotopic (exact) mass is 266 g/mol. The Balaban J connectivity index is 2.21. The van der Waals surface area contributed by atoms with E-state index >= 15 is 0 Å². The first-order valence-corrected chi connectivity index (χ1v) is 6.45. The van der Waals surface area contributed by atoms with Crippen molar-refractivity contribution in [3.63, 3.8) is 0 Å². The van der Waals surface area contributed by atoms with E-state index in [2.05, 4.69) is 28.3 Å². The molecule has 3 aromatic rings. The lowest BCUT2D eigenvalue weighted by atomic mass is 10.4. The molecule has 0 aromatic carbocycles. The summed E-state index contributed by atoms with van der Waals surface area (Å²) < 4.78 is 3.75. The van der Waals surface area contributed by atoms with Crippen LogP contribution in [-0.4, -0.2) is 25.5 Å². The van der Waals surface area contributed by atoms with Gasteiger partial charge >= 0.3 is 0 Å². The summed E-state index contributed by atoms with van der Waals surface area (Å²) in [5.41, 5.74) is 1.87. The van der Waals surface area contributed by atoms with E-state index in [1.54, 1.807) is 17.0 Å². The van der Waals surface area contributed by atoms with Crippen LogP contribution in [0, 0.1) is 11.3 Å². The largest absolute Gasteiger partial charge is 0.311 e. The molecule has 0 unspecified atom stereocenters. The minimum atomic E-state index is 0.339. The Morgan fingerprint density at radius 3 is 3.05 bits per heavy atom. The number of imidazole rings is 2. The molecule has 0 aliphatic carbocycles. The van der Waals surface area contributed by atoms with Gasteiger partial charge in [-0.15, -0.1) is 0 Å². The smallest absolute Gasteiger partial charge is 0.218 e. The number of pyridine rings is 1. The molecule has 0 aliphatic rings. The summed E-state index contributed by atoms with van der Waals surface area (Å²) in [4.78, 5) is 8.65. The molecule has 6 heteroatoms. The second-order valence-corrected chi connectivity index (χ2v) is 4.32. The van der Waals surface area contributed by atoms with Crippen LogP contribution in [0.25, 0.3) is 11.5 Å². The van der Waals surface area contributed by atoms with Gasteiger partial charge in [0.2, 0.25) is 5.82 Å². The third-order valence-electron chi connectivity index (χ3n) is 3.12. The molecule has 3 heterocycles. The zero-order valence-electron chi connectivity index (χ0n) is 11.1. The second kappa shape index (κ2) is 5.15. The first kappa shape index (κ1) is 12.4. The topological polar surface area (TPSA) is 70.9 Å². The van der Waals surface area contributed by atoms with E-state index in [4.69, 9.17) is 5.26 Å². The van der Waals surface area contributed by atoms with E-state index in [0.29, 0.717) is 12.4 Å². The van der Waals surface area contributed by atoms with Crippen LogP contribution in [0.3, 0.4) is 0 Å². The number of nitriles is 1. The molecule has 0 amide bonds. The van der Waals surface area contributed by atoms with Gasteiger partial charge in [0.25, 0.3) is 0 Å². The van der Waals surface area contributed by atoms with Gasteiger partial charge in [-0.3, -0.25) is 4.57 Å². The van der Waals surface area contributed by atoms with Gasteiger partial charge in [0.1, 0.15) is 11.7 Å². The van der Waals surface area contributed by atoms with Crippen molar-refractivity contribution in [1.82, 2.24) is 24.3 Å². The molecule has 100 valence electrons. The Kier molecular flexibility index (Phi) is 3.19. The predicted octanol–water partition coefficient (Wildman–Crippen LogP) is 1.50. The molecule has 0 saturated heterocycles. The highest BCUT2D eigenvalue weighted by atomic mass is 15.2. The number of rotatable bonds is 4. The number of hydrogen-bond acceptors (Lipinski definition) is 4. The molecule has 0 atom stereocenters. The van der Waals surface area contributed by atoms with Gasteiger partial charge in [0.05, 0.1) is 5.69 Å². The van der Waals surface area contributed by atoms with Crippen molar-refractivity contribution in [1.29, 1.82) is 5.26 Å². The van der Waals surface area contributed by atoms with Crippen LogP contribution in [0.4, 0.5) is 0 Å². The van der Waals surface area contributed by atoms with Crippen LogP contribution in [0.15, 0.2) is 36.8 Å². The van der Waals surface area contributed by atoms with Gasteiger partial charge in [0.15, 0.2) is 5.82 Å². The van der Waals surface area contributed by atoms with Crippen LogP contribution in [-0.2, 0) is 6.54 Å². The molecule has 0 bridgehead atoms. The molecule has 3 aromatic heterocycles. The Bertz CT molecular complexity index is 776. The SMILES string of the molecule is CCNCc1c(-n2ccnc2C#N)nc2ccccn12. The molecule has 20 heavy (non-hydrogen) atoms. The van der Waals surface area contributed by atoms with Crippen LogP contribution in [0.2, 0.25) is 0 Å². The summed E-state index contributed by atoms with van der Waals surface area (Å²) in [5.74, 6) is 1.08. The van der Waals surface area contributed by atoms with Gasteiger partial charge in [0, 0.05) is 25.1 Å². The van der Waals surface area contributed by atoms with Gasteiger partial charge < -0.3 is 9.72 Å². The minimum absolute atomic E-state index is 0.339. The molecule has 3 rings (SSSR count). The third-order valence-corrected chi connectivity index (χ3v) is 3.12. The lowest BCUT2D eigenvalue weighted by Gasteiger charge is -2.06. The van der Waals surface area contributed by atoms with Gasteiger partial charge in [-0.2, -0.15) is 5.26 Å². The number of nitrogens with zero attached hydrogens (tertiary/aromatic N) is 5. The number of aromatic nitrogens is 4. The highest BCUT2D eigenvalue weighted by molar-refractivity contribution is 5.49. The fourth-order valence-corrected chi connectivity index (χ4v) is 2.19. The fourth-order valence-electron chi connectivity index (χ4n) is 2.19. The molecule has 0 aliphatic heterocycles. The Morgan fingerprint density at radius 1 is 1.35 bits per heavy atom. The van der Waals surface area contributed by atoms with Crippen molar-refractivity contribution in [2.45, 2.75) is 13.5 Å². The summed E-state index contributed by atoms with van der Waals surface area (Å²) in [6.07, 6.45) is 5.34. The lowest BCUT2D eigenvalue weighted by molar-refractivity contribution is 0.700. The quantitative estimate of drug-likeness (QED) is 0.777. The highest BCUT2D eigenvalue weighted by Crippen LogP contribution is 2.18. The summed E-state index contributed by atoms with van der Waals surface area (Å²) in [6.45, 7) is 3.61. The third kappa shape index (κ3) is 1.94. The van der Waals surface area contributed by atoms with Crippen molar-refractivity contribution in [3.05, 3.63) is 48.3 Å². The van der Waals surface area contributed by atoms with Crippen LogP contribution < -0.4 is 5.32 Å². The summed E-state index contributed by atoms with van der Waals surface area (Å²) in [6, 6.07) is 7.94. The van der Waals surface area contributed by atoms with Crippen molar-refractivity contribution in [2.24, 2.45) is 0 Å². The first-order valence-electron chi connectivity index (χ1n) is 6.45. The molecule has 0 saturated carbocycles. The summed E-state index contributed by atoms with van der Waals surface area (Å²) in [5, 5.41) is 12.4. The van der Waals surface area contributed by atoms with Gasteiger partial charge in [-0.25, -0.2) is 9.97 Å². The first-order chi connectivity index (χ1) is 9.85. The van der Waals surface area contributed by atoms with E-state index in [1.165, 1.54) is 0 Å². The fraction of sp³-hybridized carbons (Fsp3) is 0.214. The van der Waals surface area contributed by atoms with E-state index < -0.39 is 0 Å². The van der Waals surface area contributed by atoms with Crippen molar-refractivity contribution < 1.29 is 0 Å². The number of nitrogens with one attached hydrogen (secondary N) is 1. The van der Waals surface area contributed by atoms with Crippen molar-refractivity contribution in [3.8, 4) is 11.9 Å². The standard InChI is InChI=1S/C14H14N6/c1-2-16-10-11-14(20-8-6-17-13(20)9-15)18-12-5-3-4-7-19(11)12/h3-8,16H,2,10H2,1H3. The maximum atomic E-state index is 9.13. The average molecular weight is 266 g/mol. The minimum Gasteiger partial charge on any atom is -0.311 e. The molecule has 6 nitrogen and oxygen atoms in total. The van der Waals surface area contributed by atoms with Crippen molar-refractivity contribution in [2.75, 3.05) is 6.54 Å². The van der Waals surface area contributed by atoms with E-state index in [9.17, 15) is 0 Å². The van der Waals surface area contributed by atoms with Crippen LogP contribution >= 0.6 is 0 Å².